The van der Waals surface area contributed by atoms with Crippen molar-refractivity contribution >= 4 is 0 Å². The number of aliphatic hydroxyl groups excluding tert-OH is 1. The lowest BCUT2D eigenvalue weighted by Gasteiger charge is -2.20. The highest BCUT2D eigenvalue weighted by atomic mass is 19.1. The van der Waals surface area contributed by atoms with Crippen molar-refractivity contribution in [1.82, 2.24) is 0 Å². The third kappa shape index (κ3) is 2.53. The average Bonchev–Trinajstić information content (AvgIpc) is 2.15. The first kappa shape index (κ1) is 11.1. The van der Waals surface area contributed by atoms with Gasteiger partial charge in [0.15, 0.2) is 0 Å². The van der Waals surface area contributed by atoms with E-state index in [2.05, 4.69) is 0 Å². The Morgan fingerprint density at radius 3 is 2.57 bits per heavy atom. The maximum absolute atomic E-state index is 13.4. The van der Waals surface area contributed by atoms with Crippen LogP contribution in [-0.4, -0.2) is 17.8 Å². The normalized spacial score (nSPS) is 15.1. The van der Waals surface area contributed by atoms with E-state index in [0.29, 0.717) is 12.0 Å². The third-order valence-corrected chi connectivity index (χ3v) is 2.38. The molecule has 0 amide bonds. The van der Waals surface area contributed by atoms with Crippen LogP contribution in [0.15, 0.2) is 24.3 Å². The molecule has 0 saturated heterocycles. The second-order valence-corrected chi connectivity index (χ2v) is 3.50. The molecule has 3 N–H and O–H groups in total. The van der Waals surface area contributed by atoms with Crippen molar-refractivity contribution in [3.63, 3.8) is 0 Å². The molecule has 0 radical (unpaired) electrons. The zero-order valence-corrected chi connectivity index (χ0v) is 8.28. The van der Waals surface area contributed by atoms with Crippen LogP contribution >= 0.6 is 0 Å². The summed E-state index contributed by atoms with van der Waals surface area (Å²) < 4.78 is 13.4. The first-order chi connectivity index (χ1) is 6.66. The summed E-state index contributed by atoms with van der Waals surface area (Å²) in [5.74, 6) is -0.357. The molecule has 3 heteroatoms. The molecule has 14 heavy (non-hydrogen) atoms. The molecule has 2 unspecified atom stereocenters. The lowest BCUT2D eigenvalue weighted by Crippen LogP contribution is -2.26. The highest BCUT2D eigenvalue weighted by molar-refractivity contribution is 5.23. The predicted octanol–water partition coefficient (Wildman–Crippen LogP) is 1.64. The fraction of sp³-hybridized carbons (Fsp3) is 0.455. The second-order valence-electron chi connectivity index (χ2n) is 3.50. The van der Waals surface area contributed by atoms with Crippen molar-refractivity contribution in [3.05, 3.63) is 35.6 Å². The zero-order valence-electron chi connectivity index (χ0n) is 8.28. The summed E-state index contributed by atoms with van der Waals surface area (Å²) in [6.45, 7) is 1.85. The number of hydrogen-bond donors (Lipinski definition) is 2. The van der Waals surface area contributed by atoms with E-state index in [1.54, 1.807) is 18.2 Å². The van der Waals surface area contributed by atoms with Gasteiger partial charge >= 0.3 is 0 Å². The molecule has 1 aromatic carbocycles. The van der Waals surface area contributed by atoms with E-state index in [9.17, 15) is 4.39 Å². The Balaban J connectivity index is 2.93. The summed E-state index contributed by atoms with van der Waals surface area (Å²) in [7, 11) is 0. The molecule has 0 spiro atoms. The van der Waals surface area contributed by atoms with E-state index < -0.39 is 0 Å². The van der Waals surface area contributed by atoms with Gasteiger partial charge in [0.05, 0.1) is 0 Å². The van der Waals surface area contributed by atoms with Gasteiger partial charge in [-0.05, 0) is 25.0 Å². The lowest BCUT2D eigenvalue weighted by atomic mass is 9.90. The van der Waals surface area contributed by atoms with Gasteiger partial charge in [-0.1, -0.05) is 18.2 Å². The van der Waals surface area contributed by atoms with Gasteiger partial charge in [-0.2, -0.15) is 0 Å². The maximum Gasteiger partial charge on any atom is 0.126 e. The Morgan fingerprint density at radius 1 is 1.43 bits per heavy atom. The van der Waals surface area contributed by atoms with Gasteiger partial charge in [-0.15, -0.1) is 0 Å². The molecule has 78 valence electrons. The Labute approximate surface area is 83.6 Å². The van der Waals surface area contributed by atoms with Crippen LogP contribution in [-0.2, 0) is 0 Å². The average molecular weight is 197 g/mol. The van der Waals surface area contributed by atoms with Crippen molar-refractivity contribution in [2.75, 3.05) is 6.61 Å². The number of nitrogens with two attached hydrogens (primary N) is 1. The van der Waals surface area contributed by atoms with Crippen LogP contribution in [0.25, 0.3) is 0 Å². The van der Waals surface area contributed by atoms with Gasteiger partial charge in [0.25, 0.3) is 0 Å². The van der Waals surface area contributed by atoms with Crippen LogP contribution in [0.5, 0.6) is 0 Å². The van der Waals surface area contributed by atoms with E-state index in [1.807, 2.05) is 6.92 Å². The predicted molar refractivity (Wildman–Crippen MR) is 54.5 cm³/mol. The van der Waals surface area contributed by atoms with E-state index >= 15 is 0 Å². The van der Waals surface area contributed by atoms with Crippen molar-refractivity contribution < 1.29 is 9.50 Å². The molecule has 0 aliphatic heterocycles. The third-order valence-electron chi connectivity index (χ3n) is 2.38. The summed E-state index contributed by atoms with van der Waals surface area (Å²) in [5.41, 5.74) is 6.34. The van der Waals surface area contributed by atoms with Crippen molar-refractivity contribution in [2.45, 2.75) is 25.3 Å². The van der Waals surface area contributed by atoms with E-state index in [0.717, 1.165) is 0 Å². The van der Waals surface area contributed by atoms with Crippen LogP contribution in [0.3, 0.4) is 0 Å². The first-order valence-corrected chi connectivity index (χ1v) is 4.77. The monoisotopic (exact) mass is 197 g/mol. The highest BCUT2D eigenvalue weighted by Gasteiger charge is 2.18. The summed E-state index contributed by atoms with van der Waals surface area (Å²) in [6, 6.07) is 6.42. The number of halogens is 1. The Morgan fingerprint density at radius 2 is 2.07 bits per heavy atom. The van der Waals surface area contributed by atoms with Crippen LogP contribution in [0.2, 0.25) is 0 Å². The van der Waals surface area contributed by atoms with Crippen molar-refractivity contribution in [2.24, 2.45) is 5.73 Å². The first-order valence-electron chi connectivity index (χ1n) is 4.77. The fourth-order valence-corrected chi connectivity index (χ4v) is 1.62. The van der Waals surface area contributed by atoms with Crippen LogP contribution in [0.1, 0.15) is 24.8 Å². The summed E-state index contributed by atoms with van der Waals surface area (Å²) in [4.78, 5) is 0. The van der Waals surface area contributed by atoms with E-state index in [4.69, 9.17) is 10.8 Å². The lowest BCUT2D eigenvalue weighted by molar-refractivity contribution is 0.267. The summed E-state index contributed by atoms with van der Waals surface area (Å²) in [6.07, 6.45) is 0.499. The minimum atomic E-state index is -0.247. The molecular weight excluding hydrogens is 181 g/mol. The molecular formula is C11H16FNO. The molecule has 1 rings (SSSR count). The molecule has 2 atom stereocenters. The standard InChI is InChI=1S/C11H16FNO/c1-8(13)9(6-7-14)10-4-2-3-5-11(10)12/h2-5,8-9,14H,6-7,13H2,1H3. The smallest absolute Gasteiger partial charge is 0.126 e. The molecule has 0 aromatic heterocycles. The molecule has 0 saturated carbocycles. The Kier molecular flexibility index (Phi) is 4.04. The van der Waals surface area contributed by atoms with Gasteiger partial charge in [-0.25, -0.2) is 4.39 Å². The highest BCUT2D eigenvalue weighted by Crippen LogP contribution is 2.24. The van der Waals surface area contributed by atoms with Gasteiger partial charge in [-0.3, -0.25) is 0 Å². The van der Waals surface area contributed by atoms with E-state index in [-0.39, 0.29) is 24.4 Å². The van der Waals surface area contributed by atoms with Crippen molar-refractivity contribution in [3.8, 4) is 0 Å². The molecule has 0 aliphatic carbocycles. The molecule has 0 heterocycles. The minimum absolute atomic E-state index is 0.0283. The van der Waals surface area contributed by atoms with Crippen LogP contribution < -0.4 is 5.73 Å². The largest absolute Gasteiger partial charge is 0.396 e. The van der Waals surface area contributed by atoms with Gasteiger partial charge < -0.3 is 10.8 Å². The van der Waals surface area contributed by atoms with Crippen LogP contribution in [0, 0.1) is 5.82 Å². The quantitative estimate of drug-likeness (QED) is 0.770. The fourth-order valence-electron chi connectivity index (χ4n) is 1.62. The number of benzene rings is 1. The summed E-state index contributed by atoms with van der Waals surface area (Å²) >= 11 is 0. The molecule has 0 aliphatic rings. The zero-order chi connectivity index (χ0) is 10.6. The Bertz CT molecular complexity index is 288. The van der Waals surface area contributed by atoms with Gasteiger partial charge in [0, 0.05) is 18.6 Å². The van der Waals surface area contributed by atoms with Crippen molar-refractivity contribution in [1.29, 1.82) is 0 Å². The topological polar surface area (TPSA) is 46.2 Å². The maximum atomic E-state index is 13.4. The number of hydrogen-bond acceptors (Lipinski definition) is 2. The van der Waals surface area contributed by atoms with Gasteiger partial charge in [0.2, 0.25) is 0 Å². The van der Waals surface area contributed by atoms with E-state index in [1.165, 1.54) is 6.07 Å². The molecule has 2 nitrogen and oxygen atoms in total. The minimum Gasteiger partial charge on any atom is -0.396 e. The second kappa shape index (κ2) is 5.08. The van der Waals surface area contributed by atoms with Gasteiger partial charge in [0.1, 0.15) is 5.82 Å². The molecule has 0 fully saturated rings. The Hall–Kier alpha value is -0.930. The summed E-state index contributed by atoms with van der Waals surface area (Å²) in [5, 5.41) is 8.86. The SMILES string of the molecule is CC(N)C(CCO)c1ccccc1F. The number of aliphatic hydroxyl groups is 1. The molecule has 1 aromatic rings. The van der Waals surface area contributed by atoms with Crippen LogP contribution in [0.4, 0.5) is 4.39 Å². The molecule has 0 bridgehead atoms. The number of rotatable bonds is 4.